The van der Waals surface area contributed by atoms with Crippen molar-refractivity contribution in [1.82, 2.24) is 5.32 Å². The highest BCUT2D eigenvalue weighted by atomic mass is 16.5. The lowest BCUT2D eigenvalue weighted by Gasteiger charge is -2.17. The molecule has 140 valence electrons. The molecule has 0 aromatic heterocycles. The third-order valence-corrected chi connectivity index (χ3v) is 4.35. The van der Waals surface area contributed by atoms with Crippen molar-refractivity contribution in [2.24, 2.45) is 0 Å². The van der Waals surface area contributed by atoms with Gasteiger partial charge in [0, 0.05) is 0 Å². The first kappa shape index (κ1) is 18.8. The molecule has 0 aliphatic rings. The summed E-state index contributed by atoms with van der Waals surface area (Å²) >= 11 is 0. The number of rotatable bonds is 8. The van der Waals surface area contributed by atoms with Gasteiger partial charge in [0.25, 0.3) is 5.91 Å². The molecular weight excluding hydrogens is 338 g/mol. The van der Waals surface area contributed by atoms with E-state index in [2.05, 4.69) is 17.4 Å². The summed E-state index contributed by atoms with van der Waals surface area (Å²) in [6.07, 6.45) is 0.0963. The molecule has 4 heteroatoms. The molecule has 0 saturated carbocycles. The first-order chi connectivity index (χ1) is 13.2. The van der Waals surface area contributed by atoms with Crippen LogP contribution < -0.4 is 14.8 Å². The first-order valence-electron chi connectivity index (χ1n) is 9.28. The smallest absolute Gasteiger partial charge is 0.261 e. The van der Waals surface area contributed by atoms with Gasteiger partial charge in [-0.2, -0.15) is 0 Å². The van der Waals surface area contributed by atoms with Crippen LogP contribution in [0.1, 0.15) is 18.9 Å². The van der Waals surface area contributed by atoms with Gasteiger partial charge in [0.05, 0.1) is 6.54 Å². The average molecular weight is 363 g/mol. The van der Waals surface area contributed by atoms with Gasteiger partial charge in [-0.25, -0.2) is 0 Å². The predicted molar refractivity (Wildman–Crippen MR) is 108 cm³/mol. The molecule has 1 unspecified atom stereocenters. The van der Waals surface area contributed by atoms with Crippen LogP contribution in [0.4, 0.5) is 0 Å². The van der Waals surface area contributed by atoms with Crippen molar-refractivity contribution < 1.29 is 14.3 Å². The molecule has 4 nitrogen and oxygen atoms in total. The summed E-state index contributed by atoms with van der Waals surface area (Å²) in [6.45, 7) is 4.79. The summed E-state index contributed by atoms with van der Waals surface area (Å²) in [4.78, 5) is 12.3. The van der Waals surface area contributed by atoms with Crippen LogP contribution in [0.3, 0.4) is 0 Å². The molecule has 3 aromatic rings. The molecule has 0 spiro atoms. The molecule has 0 bridgehead atoms. The Hall–Kier alpha value is -3.01. The highest BCUT2D eigenvalue weighted by molar-refractivity contribution is 5.83. The average Bonchev–Trinajstić information content (AvgIpc) is 2.70. The molecule has 0 radical (unpaired) electrons. The van der Waals surface area contributed by atoms with Gasteiger partial charge in [0.2, 0.25) is 0 Å². The summed E-state index contributed by atoms with van der Waals surface area (Å²) in [7, 11) is 0. The van der Waals surface area contributed by atoms with E-state index in [4.69, 9.17) is 9.47 Å². The van der Waals surface area contributed by atoms with Crippen molar-refractivity contribution in [3.63, 3.8) is 0 Å². The van der Waals surface area contributed by atoms with Gasteiger partial charge in [-0.15, -0.1) is 0 Å². The van der Waals surface area contributed by atoms with Gasteiger partial charge in [-0.3, -0.25) is 4.79 Å². The Morgan fingerprint density at radius 3 is 2.41 bits per heavy atom. The van der Waals surface area contributed by atoms with E-state index in [0.29, 0.717) is 25.3 Å². The Kier molecular flexibility index (Phi) is 6.31. The van der Waals surface area contributed by atoms with Crippen molar-refractivity contribution in [1.29, 1.82) is 0 Å². The third-order valence-electron chi connectivity index (χ3n) is 4.35. The zero-order chi connectivity index (χ0) is 19.1. The molecule has 0 aliphatic heterocycles. The third kappa shape index (κ3) is 5.23. The Morgan fingerprint density at radius 2 is 1.67 bits per heavy atom. The van der Waals surface area contributed by atoms with Gasteiger partial charge in [-0.05, 0) is 48.4 Å². The molecule has 0 fully saturated rings. The van der Waals surface area contributed by atoms with Crippen LogP contribution in [0.25, 0.3) is 10.8 Å². The summed E-state index contributed by atoms with van der Waals surface area (Å²) in [5, 5.41) is 5.20. The lowest BCUT2D eigenvalue weighted by atomic mass is 10.1. The lowest BCUT2D eigenvalue weighted by molar-refractivity contribution is -0.128. The standard InChI is InChI=1S/C23H25NO3/c1-3-22(27-20-11-8-17(2)9-12-20)23(25)24-14-15-26-21-13-10-18-6-4-5-7-19(18)16-21/h4-13,16,22H,3,14-15H2,1-2H3,(H,24,25). The fourth-order valence-corrected chi connectivity index (χ4v) is 2.82. The quantitative estimate of drug-likeness (QED) is 0.600. The monoisotopic (exact) mass is 363 g/mol. The SMILES string of the molecule is CCC(Oc1ccc(C)cc1)C(=O)NCCOc1ccc2ccccc2c1. The molecule has 0 aliphatic carbocycles. The Balaban J connectivity index is 1.46. The number of carbonyl (C=O) groups is 1. The minimum absolute atomic E-state index is 0.125. The van der Waals surface area contributed by atoms with E-state index < -0.39 is 6.10 Å². The second-order valence-corrected chi connectivity index (χ2v) is 6.48. The number of hydrogen-bond acceptors (Lipinski definition) is 3. The number of nitrogens with one attached hydrogen (secondary N) is 1. The predicted octanol–water partition coefficient (Wildman–Crippen LogP) is 4.50. The number of aryl methyl sites for hydroxylation is 1. The van der Waals surface area contributed by atoms with E-state index in [9.17, 15) is 4.79 Å². The van der Waals surface area contributed by atoms with Crippen LogP contribution in [0.2, 0.25) is 0 Å². The van der Waals surface area contributed by atoms with Crippen LogP contribution >= 0.6 is 0 Å². The molecule has 1 amide bonds. The van der Waals surface area contributed by atoms with Crippen molar-refractivity contribution in [2.45, 2.75) is 26.4 Å². The fourth-order valence-electron chi connectivity index (χ4n) is 2.82. The van der Waals surface area contributed by atoms with E-state index in [1.54, 1.807) is 0 Å². The number of fused-ring (bicyclic) bond motifs is 1. The molecule has 0 heterocycles. The van der Waals surface area contributed by atoms with Gasteiger partial charge in [0.1, 0.15) is 18.1 Å². The minimum atomic E-state index is -0.506. The minimum Gasteiger partial charge on any atom is -0.492 e. The maximum absolute atomic E-state index is 12.3. The van der Waals surface area contributed by atoms with Crippen LogP contribution in [0.5, 0.6) is 11.5 Å². The zero-order valence-corrected chi connectivity index (χ0v) is 15.8. The molecular formula is C23H25NO3. The number of benzene rings is 3. The normalized spacial score (nSPS) is 11.8. The number of carbonyl (C=O) groups excluding carboxylic acids is 1. The second-order valence-electron chi connectivity index (χ2n) is 6.48. The number of ether oxygens (including phenoxy) is 2. The fraction of sp³-hybridized carbons (Fsp3) is 0.261. The number of hydrogen-bond donors (Lipinski definition) is 1. The van der Waals surface area contributed by atoms with Gasteiger partial charge in [-0.1, -0.05) is 55.0 Å². The summed E-state index contributed by atoms with van der Waals surface area (Å²) < 4.78 is 11.5. The van der Waals surface area contributed by atoms with Gasteiger partial charge < -0.3 is 14.8 Å². The zero-order valence-electron chi connectivity index (χ0n) is 15.8. The van der Waals surface area contributed by atoms with E-state index >= 15 is 0 Å². The molecule has 3 aromatic carbocycles. The van der Waals surface area contributed by atoms with E-state index in [1.165, 1.54) is 5.39 Å². The highest BCUT2D eigenvalue weighted by Crippen LogP contribution is 2.20. The molecule has 1 atom stereocenters. The van der Waals surface area contributed by atoms with Crippen LogP contribution in [-0.4, -0.2) is 25.2 Å². The lowest BCUT2D eigenvalue weighted by Crippen LogP contribution is -2.39. The molecule has 3 rings (SSSR count). The van der Waals surface area contributed by atoms with E-state index in [1.807, 2.05) is 68.4 Å². The maximum Gasteiger partial charge on any atom is 0.261 e. The topological polar surface area (TPSA) is 47.6 Å². The van der Waals surface area contributed by atoms with Crippen LogP contribution in [0, 0.1) is 6.92 Å². The Bertz CT molecular complexity index is 890. The molecule has 27 heavy (non-hydrogen) atoms. The Morgan fingerprint density at radius 1 is 0.963 bits per heavy atom. The van der Waals surface area contributed by atoms with Crippen LogP contribution in [0.15, 0.2) is 66.7 Å². The van der Waals surface area contributed by atoms with E-state index in [-0.39, 0.29) is 5.91 Å². The van der Waals surface area contributed by atoms with Gasteiger partial charge >= 0.3 is 0 Å². The second kappa shape index (κ2) is 9.08. The number of amides is 1. The largest absolute Gasteiger partial charge is 0.492 e. The highest BCUT2D eigenvalue weighted by Gasteiger charge is 2.17. The van der Waals surface area contributed by atoms with E-state index in [0.717, 1.165) is 16.7 Å². The first-order valence-corrected chi connectivity index (χ1v) is 9.28. The van der Waals surface area contributed by atoms with Crippen molar-refractivity contribution in [3.05, 3.63) is 72.3 Å². The summed E-state index contributed by atoms with van der Waals surface area (Å²) in [6, 6.07) is 21.8. The Labute approximate surface area is 160 Å². The molecule has 0 saturated heterocycles. The van der Waals surface area contributed by atoms with Crippen molar-refractivity contribution in [3.8, 4) is 11.5 Å². The maximum atomic E-state index is 12.3. The molecule has 1 N–H and O–H groups in total. The summed E-state index contributed by atoms with van der Waals surface area (Å²) in [5.74, 6) is 1.38. The van der Waals surface area contributed by atoms with Gasteiger partial charge in [0.15, 0.2) is 6.10 Å². The van der Waals surface area contributed by atoms with Crippen LogP contribution in [-0.2, 0) is 4.79 Å². The van der Waals surface area contributed by atoms with Crippen molar-refractivity contribution in [2.75, 3.05) is 13.2 Å². The van der Waals surface area contributed by atoms with Crippen molar-refractivity contribution >= 4 is 16.7 Å². The summed E-state index contributed by atoms with van der Waals surface area (Å²) in [5.41, 5.74) is 1.16.